The minimum absolute atomic E-state index is 0.508. The van der Waals surface area contributed by atoms with Gasteiger partial charge in [-0.2, -0.15) is 10.2 Å². The second-order valence-corrected chi connectivity index (χ2v) is 4.40. The first-order valence-electron chi connectivity index (χ1n) is 6.23. The third kappa shape index (κ3) is 3.47. The Morgan fingerprint density at radius 2 is 1.47 bits per heavy atom. The van der Waals surface area contributed by atoms with Gasteiger partial charge in [-0.25, -0.2) is 0 Å². The molecule has 4 heteroatoms. The van der Waals surface area contributed by atoms with Gasteiger partial charge in [0.15, 0.2) is 0 Å². The van der Waals surface area contributed by atoms with E-state index in [9.17, 15) is 0 Å². The van der Waals surface area contributed by atoms with Gasteiger partial charge >= 0.3 is 0 Å². The molecule has 0 unspecified atom stereocenters. The summed E-state index contributed by atoms with van der Waals surface area (Å²) in [5, 5.41) is 8.51. The van der Waals surface area contributed by atoms with Crippen LogP contribution in [0.25, 0.3) is 0 Å². The van der Waals surface area contributed by atoms with Crippen molar-refractivity contribution in [3.63, 3.8) is 0 Å². The first kappa shape index (κ1) is 13.4. The van der Waals surface area contributed by atoms with Crippen LogP contribution in [-0.2, 0) is 13.1 Å². The zero-order valence-corrected chi connectivity index (χ0v) is 11.0. The topological polar surface area (TPSA) is 76.8 Å². The molecule has 98 valence electrons. The quantitative estimate of drug-likeness (QED) is 0.821. The fraction of sp³-hybridized carbons (Fsp3) is 0.200. The lowest BCUT2D eigenvalue weighted by atomic mass is 10.1. The Kier molecular flexibility index (Phi) is 4.39. The van der Waals surface area contributed by atoms with E-state index < -0.39 is 0 Å². The summed E-state index contributed by atoms with van der Waals surface area (Å²) in [6.45, 7) is 3.05. The van der Waals surface area contributed by atoms with Gasteiger partial charge in [0.2, 0.25) is 0 Å². The van der Waals surface area contributed by atoms with Crippen molar-refractivity contribution in [2.75, 3.05) is 0 Å². The minimum atomic E-state index is 0.508. The number of azo groups is 1. The molecule has 2 aromatic carbocycles. The first-order valence-corrected chi connectivity index (χ1v) is 6.23. The Morgan fingerprint density at radius 3 is 2.11 bits per heavy atom. The van der Waals surface area contributed by atoms with Gasteiger partial charge in [-0.1, -0.05) is 24.3 Å². The summed E-state index contributed by atoms with van der Waals surface area (Å²) in [6, 6.07) is 13.7. The predicted octanol–water partition coefficient (Wildman–Crippen LogP) is 3.33. The van der Waals surface area contributed by atoms with Crippen molar-refractivity contribution in [2.24, 2.45) is 21.7 Å². The molecule has 0 radical (unpaired) electrons. The molecule has 19 heavy (non-hydrogen) atoms. The lowest BCUT2D eigenvalue weighted by molar-refractivity contribution is 1.06. The Hall–Kier alpha value is -2.04. The van der Waals surface area contributed by atoms with Crippen LogP contribution in [0.4, 0.5) is 11.4 Å². The number of nitrogens with zero attached hydrogens (tertiary/aromatic N) is 2. The van der Waals surface area contributed by atoms with Crippen molar-refractivity contribution >= 4 is 11.4 Å². The standard InChI is InChI=1S/C15H18N4/c1-11-2-3-13(10-17)8-15(11)19-18-14-6-4-12(9-16)5-7-14/h2-8H,9-10,16-17H2,1H3. The molecule has 0 atom stereocenters. The predicted molar refractivity (Wildman–Crippen MR) is 77.6 cm³/mol. The highest BCUT2D eigenvalue weighted by Gasteiger charge is 1.98. The lowest BCUT2D eigenvalue weighted by Crippen LogP contribution is -1.95. The van der Waals surface area contributed by atoms with Crippen LogP contribution in [0.3, 0.4) is 0 Å². The van der Waals surface area contributed by atoms with Gasteiger partial charge in [-0.05, 0) is 41.8 Å². The average molecular weight is 254 g/mol. The van der Waals surface area contributed by atoms with Gasteiger partial charge in [-0.3, -0.25) is 0 Å². The molecule has 0 aliphatic carbocycles. The number of hydrogen-bond acceptors (Lipinski definition) is 4. The van der Waals surface area contributed by atoms with Gasteiger partial charge in [0, 0.05) is 13.1 Å². The molecule has 0 fully saturated rings. The second-order valence-electron chi connectivity index (χ2n) is 4.40. The van der Waals surface area contributed by atoms with Crippen molar-refractivity contribution in [2.45, 2.75) is 20.0 Å². The number of hydrogen-bond donors (Lipinski definition) is 2. The van der Waals surface area contributed by atoms with E-state index in [-0.39, 0.29) is 0 Å². The van der Waals surface area contributed by atoms with Gasteiger partial charge < -0.3 is 11.5 Å². The SMILES string of the molecule is Cc1ccc(CN)cc1N=Nc1ccc(CN)cc1. The molecule has 4 nitrogen and oxygen atoms in total. The summed E-state index contributed by atoms with van der Waals surface area (Å²) >= 11 is 0. The van der Waals surface area contributed by atoms with E-state index in [1.807, 2.05) is 49.4 Å². The van der Waals surface area contributed by atoms with E-state index in [1.54, 1.807) is 0 Å². The highest BCUT2D eigenvalue weighted by atomic mass is 15.1. The summed E-state index contributed by atoms with van der Waals surface area (Å²) in [5.74, 6) is 0. The number of nitrogens with two attached hydrogens (primary N) is 2. The average Bonchev–Trinajstić information content (AvgIpc) is 2.47. The molecule has 0 bridgehead atoms. The van der Waals surface area contributed by atoms with Crippen molar-refractivity contribution in [1.29, 1.82) is 0 Å². The molecule has 0 amide bonds. The van der Waals surface area contributed by atoms with Crippen molar-refractivity contribution in [3.05, 3.63) is 59.2 Å². The monoisotopic (exact) mass is 254 g/mol. The maximum atomic E-state index is 5.62. The van der Waals surface area contributed by atoms with Gasteiger partial charge in [0.1, 0.15) is 0 Å². The molecule has 0 aliphatic rings. The molecular formula is C15H18N4. The third-order valence-electron chi connectivity index (χ3n) is 2.95. The van der Waals surface area contributed by atoms with Crippen LogP contribution in [0.5, 0.6) is 0 Å². The number of aryl methyl sites for hydroxylation is 1. The summed E-state index contributed by atoms with van der Waals surface area (Å²) in [4.78, 5) is 0. The number of benzene rings is 2. The first-order chi connectivity index (χ1) is 9.22. The fourth-order valence-corrected chi connectivity index (χ4v) is 1.70. The van der Waals surface area contributed by atoms with E-state index >= 15 is 0 Å². The maximum absolute atomic E-state index is 5.62. The molecule has 0 aromatic heterocycles. The molecule has 4 N–H and O–H groups in total. The summed E-state index contributed by atoms with van der Waals surface area (Å²) < 4.78 is 0. The Bertz CT molecular complexity index is 573. The summed E-state index contributed by atoms with van der Waals surface area (Å²) in [6.07, 6.45) is 0. The smallest absolute Gasteiger partial charge is 0.0889 e. The lowest BCUT2D eigenvalue weighted by Gasteiger charge is -2.02. The third-order valence-corrected chi connectivity index (χ3v) is 2.95. The molecule has 0 saturated carbocycles. The minimum Gasteiger partial charge on any atom is -0.326 e. The van der Waals surface area contributed by atoms with E-state index in [2.05, 4.69) is 10.2 Å². The van der Waals surface area contributed by atoms with Crippen LogP contribution < -0.4 is 11.5 Å². The van der Waals surface area contributed by atoms with Crippen LogP contribution in [-0.4, -0.2) is 0 Å². The molecule has 0 saturated heterocycles. The molecule has 0 heterocycles. The molecule has 2 aromatic rings. The van der Waals surface area contributed by atoms with Crippen molar-refractivity contribution in [3.8, 4) is 0 Å². The van der Waals surface area contributed by atoms with E-state index in [0.717, 1.165) is 28.1 Å². The van der Waals surface area contributed by atoms with Gasteiger partial charge in [-0.15, -0.1) is 0 Å². The Morgan fingerprint density at radius 1 is 0.842 bits per heavy atom. The highest BCUT2D eigenvalue weighted by molar-refractivity contribution is 5.48. The van der Waals surface area contributed by atoms with E-state index in [1.165, 1.54) is 0 Å². The second kappa shape index (κ2) is 6.22. The maximum Gasteiger partial charge on any atom is 0.0889 e. The largest absolute Gasteiger partial charge is 0.326 e. The Balaban J connectivity index is 2.21. The zero-order chi connectivity index (χ0) is 13.7. The van der Waals surface area contributed by atoms with Gasteiger partial charge in [0.05, 0.1) is 11.4 Å². The van der Waals surface area contributed by atoms with Crippen LogP contribution in [0.1, 0.15) is 16.7 Å². The summed E-state index contributed by atoms with van der Waals surface area (Å²) in [7, 11) is 0. The molecule has 2 rings (SSSR count). The zero-order valence-electron chi connectivity index (χ0n) is 11.0. The van der Waals surface area contributed by atoms with E-state index in [4.69, 9.17) is 11.5 Å². The van der Waals surface area contributed by atoms with Crippen LogP contribution in [0.15, 0.2) is 52.7 Å². The van der Waals surface area contributed by atoms with Crippen molar-refractivity contribution < 1.29 is 0 Å². The van der Waals surface area contributed by atoms with Gasteiger partial charge in [0.25, 0.3) is 0 Å². The Labute approximate surface area is 113 Å². The summed E-state index contributed by atoms with van der Waals surface area (Å²) in [5.41, 5.74) is 16.1. The molecule has 0 aliphatic heterocycles. The van der Waals surface area contributed by atoms with E-state index in [0.29, 0.717) is 13.1 Å². The van der Waals surface area contributed by atoms with Crippen LogP contribution >= 0.6 is 0 Å². The fourth-order valence-electron chi connectivity index (χ4n) is 1.70. The highest BCUT2D eigenvalue weighted by Crippen LogP contribution is 2.23. The van der Waals surface area contributed by atoms with Crippen LogP contribution in [0, 0.1) is 6.92 Å². The molecular weight excluding hydrogens is 236 g/mol. The van der Waals surface area contributed by atoms with Crippen LogP contribution in [0.2, 0.25) is 0 Å². The normalized spacial score (nSPS) is 11.1. The molecule has 0 spiro atoms. The number of rotatable bonds is 4. The van der Waals surface area contributed by atoms with Crippen molar-refractivity contribution in [1.82, 2.24) is 0 Å².